The van der Waals surface area contributed by atoms with Gasteiger partial charge in [-0.05, 0) is 59.3 Å². The Morgan fingerprint density at radius 3 is 1.22 bits per heavy atom. The maximum Gasteiger partial charge on any atom is 0.303 e. The van der Waals surface area contributed by atoms with Crippen molar-refractivity contribution in [3.05, 3.63) is 0 Å². The fourth-order valence-corrected chi connectivity index (χ4v) is 3.08. The molecular formula is C31H68O5. The predicted molar refractivity (Wildman–Crippen MR) is 158 cm³/mol. The molecule has 0 saturated heterocycles. The summed E-state index contributed by atoms with van der Waals surface area (Å²) in [5.74, 6) is -0.237. The van der Waals surface area contributed by atoms with Crippen LogP contribution in [0.4, 0.5) is 0 Å². The van der Waals surface area contributed by atoms with Gasteiger partial charge in [0.1, 0.15) is 0 Å². The van der Waals surface area contributed by atoms with Gasteiger partial charge in [-0.3, -0.25) is 4.79 Å². The van der Waals surface area contributed by atoms with Crippen molar-refractivity contribution < 1.29 is 25.2 Å². The van der Waals surface area contributed by atoms with Crippen LogP contribution >= 0.6 is 0 Å². The molecule has 0 aliphatic heterocycles. The number of aliphatic carboxylic acids is 1. The van der Waals surface area contributed by atoms with E-state index in [1.165, 1.54) is 44.9 Å². The van der Waals surface area contributed by atoms with Crippen molar-refractivity contribution in [1.82, 2.24) is 0 Å². The minimum absolute atomic E-state index is 0.0833. The number of hydrogen-bond donors (Lipinski definition) is 4. The molecule has 4 N–H and O–H groups in total. The monoisotopic (exact) mass is 521 g/mol. The number of hydrogen-bond acceptors (Lipinski definition) is 4. The predicted octanol–water partition coefficient (Wildman–Crippen LogP) is 8.91. The van der Waals surface area contributed by atoms with Gasteiger partial charge in [0.15, 0.2) is 0 Å². The molecule has 0 aromatic heterocycles. The molecule has 1 unspecified atom stereocenters. The second-order valence-electron chi connectivity index (χ2n) is 11.7. The van der Waals surface area contributed by atoms with Crippen molar-refractivity contribution in [3.63, 3.8) is 0 Å². The summed E-state index contributed by atoms with van der Waals surface area (Å²) in [7, 11) is 0. The quantitative estimate of drug-likeness (QED) is 0.143. The van der Waals surface area contributed by atoms with Gasteiger partial charge in [-0.2, -0.15) is 0 Å². The van der Waals surface area contributed by atoms with Gasteiger partial charge in [0.25, 0.3) is 0 Å². The molecule has 5 nitrogen and oxygen atoms in total. The topological polar surface area (TPSA) is 98.0 Å². The smallest absolute Gasteiger partial charge is 0.303 e. The van der Waals surface area contributed by atoms with Crippen molar-refractivity contribution in [2.24, 2.45) is 5.92 Å². The molecule has 0 aromatic carbocycles. The van der Waals surface area contributed by atoms with E-state index in [1.807, 2.05) is 41.5 Å². The highest BCUT2D eigenvalue weighted by Crippen LogP contribution is 2.12. The van der Waals surface area contributed by atoms with Crippen LogP contribution < -0.4 is 0 Å². The number of unbranched alkanes of at least 4 members (excludes halogenated alkanes) is 8. The molecule has 0 bridgehead atoms. The minimum Gasteiger partial charge on any atom is -0.481 e. The molecule has 0 saturated carbocycles. The van der Waals surface area contributed by atoms with E-state index in [2.05, 4.69) is 27.7 Å². The normalized spacial score (nSPS) is 11.9. The Bertz CT molecular complexity index is 404. The first-order chi connectivity index (χ1) is 16.6. The molecule has 0 heterocycles. The summed E-state index contributed by atoms with van der Waals surface area (Å²) in [4.78, 5) is 10.1. The zero-order valence-corrected chi connectivity index (χ0v) is 26.2. The van der Waals surface area contributed by atoms with E-state index < -0.39 is 17.2 Å². The highest BCUT2D eigenvalue weighted by molar-refractivity contribution is 5.66. The summed E-state index contributed by atoms with van der Waals surface area (Å²) in [5, 5.41) is 35.8. The third-order valence-corrected chi connectivity index (χ3v) is 5.63. The number of carboxylic acid groups (broad SMARTS) is 1. The minimum atomic E-state index is -0.663. The van der Waals surface area contributed by atoms with Gasteiger partial charge in [-0.1, -0.05) is 112 Å². The molecule has 5 heteroatoms. The zero-order valence-electron chi connectivity index (χ0n) is 26.2. The Labute approximate surface area is 226 Å². The summed E-state index contributed by atoms with van der Waals surface area (Å²) in [6, 6.07) is 0. The number of aliphatic hydroxyl groups excluding tert-OH is 1. The SMILES string of the molecule is CCCC(O)C(C)C.CCCCC(C)(C)O.CCCCC(C)(C)O.CCCCCCCCCC(=O)O. The van der Waals surface area contributed by atoms with Gasteiger partial charge < -0.3 is 20.4 Å². The van der Waals surface area contributed by atoms with E-state index in [1.54, 1.807) is 0 Å². The molecule has 36 heavy (non-hydrogen) atoms. The van der Waals surface area contributed by atoms with Gasteiger partial charge in [0.2, 0.25) is 0 Å². The number of carboxylic acids is 1. The van der Waals surface area contributed by atoms with Crippen LogP contribution in [0.3, 0.4) is 0 Å². The molecule has 0 aliphatic carbocycles. The van der Waals surface area contributed by atoms with Crippen LogP contribution in [0.5, 0.6) is 0 Å². The van der Waals surface area contributed by atoms with Crippen molar-refractivity contribution in [3.8, 4) is 0 Å². The van der Waals surface area contributed by atoms with Gasteiger partial charge in [-0.15, -0.1) is 0 Å². The molecule has 222 valence electrons. The van der Waals surface area contributed by atoms with Crippen LogP contribution in [0.25, 0.3) is 0 Å². The second kappa shape index (κ2) is 28.9. The van der Waals surface area contributed by atoms with Crippen molar-refractivity contribution >= 4 is 5.97 Å². The Morgan fingerprint density at radius 1 is 0.639 bits per heavy atom. The van der Waals surface area contributed by atoms with Gasteiger partial charge >= 0.3 is 5.97 Å². The van der Waals surface area contributed by atoms with Crippen LogP contribution in [-0.4, -0.2) is 43.7 Å². The van der Waals surface area contributed by atoms with Gasteiger partial charge in [-0.25, -0.2) is 0 Å². The fraction of sp³-hybridized carbons (Fsp3) is 0.968. The van der Waals surface area contributed by atoms with Crippen LogP contribution in [0.15, 0.2) is 0 Å². The average Bonchev–Trinajstić information content (AvgIpc) is 2.76. The van der Waals surface area contributed by atoms with Gasteiger partial charge in [0.05, 0.1) is 17.3 Å². The van der Waals surface area contributed by atoms with E-state index in [0.717, 1.165) is 51.4 Å². The van der Waals surface area contributed by atoms with Gasteiger partial charge in [0, 0.05) is 6.42 Å². The number of aliphatic hydroxyl groups is 3. The lowest BCUT2D eigenvalue weighted by Crippen LogP contribution is -2.17. The fourth-order valence-electron chi connectivity index (χ4n) is 3.08. The molecule has 0 aromatic rings. The number of rotatable bonds is 17. The second-order valence-corrected chi connectivity index (χ2v) is 11.7. The molecule has 0 aliphatic rings. The molecule has 0 spiro atoms. The van der Waals surface area contributed by atoms with Crippen LogP contribution in [0.1, 0.15) is 172 Å². The molecule has 0 rings (SSSR count). The molecule has 1 atom stereocenters. The highest BCUT2D eigenvalue weighted by atomic mass is 16.4. The van der Waals surface area contributed by atoms with Crippen molar-refractivity contribution in [1.29, 1.82) is 0 Å². The molecule has 0 fully saturated rings. The summed E-state index contributed by atoms with van der Waals surface area (Å²) in [6.45, 7) is 20.0. The third kappa shape index (κ3) is 54.3. The maximum absolute atomic E-state index is 10.1. The average molecular weight is 521 g/mol. The lowest BCUT2D eigenvalue weighted by atomic mass is 10.0. The largest absolute Gasteiger partial charge is 0.481 e. The lowest BCUT2D eigenvalue weighted by molar-refractivity contribution is -0.137. The standard InChI is InChI=1S/C10H20O2.3C7H16O/c1-2-3-4-5-6-7-8-9-10(11)12;2*1-4-5-6-7(2,3)8;1-4-5-7(8)6(2)3/h2-9H2,1H3,(H,11,12);2*8H,4-6H2,1-3H3;6-8H,4-5H2,1-3H3. The maximum atomic E-state index is 10.1. The van der Waals surface area contributed by atoms with Crippen LogP contribution in [0, 0.1) is 5.92 Å². The van der Waals surface area contributed by atoms with E-state index in [9.17, 15) is 4.79 Å². The Morgan fingerprint density at radius 2 is 1.00 bits per heavy atom. The molecule has 0 radical (unpaired) electrons. The summed E-state index contributed by atoms with van der Waals surface area (Å²) in [6.07, 6.45) is 17.0. The summed E-state index contributed by atoms with van der Waals surface area (Å²) < 4.78 is 0. The van der Waals surface area contributed by atoms with E-state index in [0.29, 0.717) is 12.3 Å². The Hall–Kier alpha value is -0.650. The first-order valence-corrected chi connectivity index (χ1v) is 14.9. The van der Waals surface area contributed by atoms with E-state index in [-0.39, 0.29) is 6.10 Å². The highest BCUT2D eigenvalue weighted by Gasteiger charge is 2.10. The van der Waals surface area contributed by atoms with Crippen LogP contribution in [0.2, 0.25) is 0 Å². The van der Waals surface area contributed by atoms with Crippen molar-refractivity contribution in [2.75, 3.05) is 0 Å². The Kier molecular flexibility index (Phi) is 34.1. The first kappa shape index (κ1) is 42.4. The van der Waals surface area contributed by atoms with E-state index >= 15 is 0 Å². The number of carbonyl (C=O) groups is 1. The van der Waals surface area contributed by atoms with Crippen LogP contribution in [-0.2, 0) is 4.79 Å². The van der Waals surface area contributed by atoms with E-state index in [4.69, 9.17) is 20.4 Å². The molecule has 0 amide bonds. The molecular weight excluding hydrogens is 452 g/mol. The first-order valence-electron chi connectivity index (χ1n) is 14.9. The summed E-state index contributed by atoms with van der Waals surface area (Å²) >= 11 is 0. The lowest BCUT2D eigenvalue weighted by Gasteiger charge is -2.15. The zero-order chi connectivity index (χ0) is 29.0. The summed E-state index contributed by atoms with van der Waals surface area (Å²) in [5.41, 5.74) is -0.897. The third-order valence-electron chi connectivity index (χ3n) is 5.63. The Balaban J connectivity index is -0.000000193. The van der Waals surface area contributed by atoms with Crippen molar-refractivity contribution in [2.45, 2.75) is 189 Å².